The fourth-order valence-electron chi connectivity index (χ4n) is 3.47. The number of hydrogen-bond acceptors (Lipinski definition) is 7. The molecule has 0 unspecified atom stereocenters. The summed E-state index contributed by atoms with van der Waals surface area (Å²) < 4.78 is 43.1. The Hall–Kier alpha value is -2.78. The number of anilines is 1. The highest BCUT2D eigenvalue weighted by atomic mass is 32.2. The molecule has 1 aliphatic rings. The maximum absolute atomic E-state index is 12.7. The van der Waals surface area contributed by atoms with E-state index in [2.05, 4.69) is 14.8 Å². The normalized spacial score (nSPS) is 17.1. The van der Waals surface area contributed by atoms with Crippen molar-refractivity contribution in [3.63, 3.8) is 0 Å². The SMILES string of the molecule is CCOC=O.COc1cc2c(cc1OC)[C@H](NS(=O)(=O)CCc1ccccc1)C[C@H](C)N2. The van der Waals surface area contributed by atoms with Crippen LogP contribution in [-0.4, -0.2) is 47.5 Å². The highest BCUT2D eigenvalue weighted by molar-refractivity contribution is 7.89. The third-order valence-corrected chi connectivity index (χ3v) is 6.37. The van der Waals surface area contributed by atoms with Gasteiger partial charge in [-0.2, -0.15) is 0 Å². The summed E-state index contributed by atoms with van der Waals surface area (Å²) in [5.74, 6) is 1.25. The van der Waals surface area contributed by atoms with Gasteiger partial charge in [0.25, 0.3) is 6.47 Å². The number of hydrogen-bond donors (Lipinski definition) is 2. The number of rotatable bonds is 9. The largest absolute Gasteiger partial charge is 0.493 e. The second-order valence-electron chi connectivity index (χ2n) is 7.35. The Kier molecular flexibility index (Phi) is 9.80. The first-order valence-corrected chi connectivity index (χ1v) is 12.1. The van der Waals surface area contributed by atoms with Crippen LogP contribution in [0, 0.1) is 0 Å². The summed E-state index contributed by atoms with van der Waals surface area (Å²) in [6, 6.07) is 13.2. The molecule has 0 aromatic heterocycles. The van der Waals surface area contributed by atoms with Crippen molar-refractivity contribution < 1.29 is 27.4 Å². The molecule has 0 saturated carbocycles. The molecule has 2 atom stereocenters. The molecule has 2 N–H and O–H groups in total. The average molecular weight is 465 g/mol. The first-order valence-electron chi connectivity index (χ1n) is 10.4. The van der Waals surface area contributed by atoms with E-state index in [9.17, 15) is 13.2 Å². The molecule has 0 saturated heterocycles. The van der Waals surface area contributed by atoms with Gasteiger partial charge in [0.2, 0.25) is 10.0 Å². The zero-order valence-corrected chi connectivity index (χ0v) is 19.8. The smallest absolute Gasteiger partial charge is 0.293 e. The van der Waals surface area contributed by atoms with Gasteiger partial charge in [-0.1, -0.05) is 30.3 Å². The van der Waals surface area contributed by atoms with Gasteiger partial charge in [-0.05, 0) is 43.9 Å². The molecule has 8 nitrogen and oxygen atoms in total. The molecule has 1 aliphatic heterocycles. The Bertz CT molecular complexity index is 966. The lowest BCUT2D eigenvalue weighted by molar-refractivity contribution is -0.128. The van der Waals surface area contributed by atoms with Crippen molar-refractivity contribution in [1.82, 2.24) is 4.72 Å². The van der Waals surface area contributed by atoms with Gasteiger partial charge in [0.1, 0.15) is 0 Å². The predicted octanol–water partition coefficient (Wildman–Crippen LogP) is 3.29. The van der Waals surface area contributed by atoms with E-state index in [1.54, 1.807) is 21.1 Å². The Morgan fingerprint density at radius 1 is 1.12 bits per heavy atom. The fraction of sp³-hybridized carbons (Fsp3) is 0.435. The number of ether oxygens (including phenoxy) is 3. The monoisotopic (exact) mass is 464 g/mol. The van der Waals surface area contributed by atoms with Gasteiger partial charge in [0.15, 0.2) is 11.5 Å². The molecular weight excluding hydrogens is 432 g/mol. The molecule has 0 fully saturated rings. The number of sulfonamides is 1. The van der Waals surface area contributed by atoms with E-state index in [1.165, 1.54) is 0 Å². The van der Waals surface area contributed by atoms with Crippen LogP contribution in [0.4, 0.5) is 5.69 Å². The zero-order chi connectivity index (χ0) is 23.6. The Labute approximate surface area is 190 Å². The van der Waals surface area contributed by atoms with Crippen LogP contribution in [0.1, 0.15) is 37.4 Å². The van der Waals surface area contributed by atoms with Gasteiger partial charge in [0.05, 0.1) is 32.6 Å². The molecule has 1 heterocycles. The summed E-state index contributed by atoms with van der Waals surface area (Å²) >= 11 is 0. The molecule has 0 amide bonds. The van der Waals surface area contributed by atoms with Crippen LogP contribution in [0.5, 0.6) is 11.5 Å². The van der Waals surface area contributed by atoms with E-state index in [0.29, 0.717) is 37.4 Å². The molecule has 32 heavy (non-hydrogen) atoms. The molecule has 0 spiro atoms. The molecule has 2 aromatic rings. The van der Waals surface area contributed by atoms with Crippen molar-refractivity contribution in [3.8, 4) is 11.5 Å². The minimum Gasteiger partial charge on any atom is -0.493 e. The van der Waals surface area contributed by atoms with Crippen LogP contribution in [-0.2, 0) is 26.0 Å². The number of fused-ring (bicyclic) bond motifs is 1. The maximum Gasteiger partial charge on any atom is 0.293 e. The molecule has 0 bridgehead atoms. The summed E-state index contributed by atoms with van der Waals surface area (Å²) in [7, 11) is -0.275. The van der Waals surface area contributed by atoms with E-state index in [-0.39, 0.29) is 17.8 Å². The van der Waals surface area contributed by atoms with Crippen LogP contribution in [0.3, 0.4) is 0 Å². The van der Waals surface area contributed by atoms with Crippen molar-refractivity contribution >= 4 is 22.2 Å². The summed E-state index contributed by atoms with van der Waals surface area (Å²) in [6.45, 7) is 4.70. The van der Waals surface area contributed by atoms with Crippen molar-refractivity contribution in [2.24, 2.45) is 0 Å². The molecule has 2 aromatic carbocycles. The fourth-order valence-corrected chi connectivity index (χ4v) is 4.74. The quantitative estimate of drug-likeness (QED) is 0.549. The lowest BCUT2D eigenvalue weighted by Crippen LogP contribution is -2.37. The van der Waals surface area contributed by atoms with Gasteiger partial charge >= 0.3 is 0 Å². The lowest BCUT2D eigenvalue weighted by atomic mass is 9.94. The Morgan fingerprint density at radius 2 is 1.78 bits per heavy atom. The molecular formula is C23H32N2O6S. The van der Waals surface area contributed by atoms with E-state index in [4.69, 9.17) is 9.47 Å². The van der Waals surface area contributed by atoms with Gasteiger partial charge in [0, 0.05) is 17.8 Å². The van der Waals surface area contributed by atoms with E-state index >= 15 is 0 Å². The van der Waals surface area contributed by atoms with Crippen LogP contribution in [0.25, 0.3) is 0 Å². The predicted molar refractivity (Wildman–Crippen MR) is 125 cm³/mol. The first kappa shape index (κ1) is 25.5. The highest BCUT2D eigenvalue weighted by Crippen LogP contribution is 2.40. The van der Waals surface area contributed by atoms with Gasteiger partial charge in [-0.25, -0.2) is 13.1 Å². The second kappa shape index (κ2) is 12.3. The average Bonchev–Trinajstić information content (AvgIpc) is 2.78. The van der Waals surface area contributed by atoms with Crippen molar-refractivity contribution in [3.05, 3.63) is 53.6 Å². The number of carbonyl (C=O) groups excluding carboxylic acids is 1. The van der Waals surface area contributed by atoms with E-state index < -0.39 is 10.0 Å². The van der Waals surface area contributed by atoms with Crippen LogP contribution >= 0.6 is 0 Å². The van der Waals surface area contributed by atoms with Crippen LogP contribution < -0.4 is 19.5 Å². The number of nitrogens with one attached hydrogen (secondary N) is 2. The molecule has 0 radical (unpaired) electrons. The van der Waals surface area contributed by atoms with Gasteiger partial charge < -0.3 is 19.5 Å². The van der Waals surface area contributed by atoms with E-state index in [1.807, 2.05) is 49.4 Å². The Morgan fingerprint density at radius 3 is 2.34 bits per heavy atom. The standard InChI is InChI=1S/C20H26N2O4S.C3H6O2/c1-14-11-18(16-12-19(25-2)20(26-3)13-17(16)21-14)22-27(23,24)10-9-15-7-5-4-6-8-15;1-2-5-3-4/h4-8,12-14,18,21-22H,9-11H2,1-3H3;3H,2H2,1H3/t14-,18+;/m0./s1. The summed E-state index contributed by atoms with van der Waals surface area (Å²) in [4.78, 5) is 9.18. The van der Waals surface area contributed by atoms with Crippen molar-refractivity contribution in [1.29, 1.82) is 0 Å². The highest BCUT2D eigenvalue weighted by Gasteiger charge is 2.29. The van der Waals surface area contributed by atoms with Crippen LogP contribution in [0.2, 0.25) is 0 Å². The third kappa shape index (κ3) is 7.42. The van der Waals surface area contributed by atoms with Crippen molar-refractivity contribution in [2.45, 2.75) is 38.8 Å². The van der Waals surface area contributed by atoms with Gasteiger partial charge in [-0.15, -0.1) is 0 Å². The number of carbonyl (C=O) groups is 1. The van der Waals surface area contributed by atoms with Gasteiger partial charge in [-0.3, -0.25) is 4.79 Å². The lowest BCUT2D eigenvalue weighted by Gasteiger charge is -2.32. The zero-order valence-electron chi connectivity index (χ0n) is 19.0. The third-order valence-electron chi connectivity index (χ3n) is 4.98. The topological polar surface area (TPSA) is 103 Å². The number of benzene rings is 2. The summed E-state index contributed by atoms with van der Waals surface area (Å²) in [5.41, 5.74) is 2.74. The first-order chi connectivity index (χ1) is 15.3. The number of aryl methyl sites for hydroxylation is 1. The maximum atomic E-state index is 12.7. The molecule has 3 rings (SSSR count). The Balaban J connectivity index is 0.000000654. The summed E-state index contributed by atoms with van der Waals surface area (Å²) in [5, 5.41) is 3.39. The summed E-state index contributed by atoms with van der Waals surface area (Å²) in [6.07, 6.45) is 1.14. The molecule has 0 aliphatic carbocycles. The second-order valence-corrected chi connectivity index (χ2v) is 9.23. The molecule has 176 valence electrons. The minimum atomic E-state index is -3.43. The molecule has 9 heteroatoms. The van der Waals surface area contributed by atoms with E-state index in [0.717, 1.165) is 16.8 Å². The number of methoxy groups -OCH3 is 2. The minimum absolute atomic E-state index is 0.0535. The van der Waals surface area contributed by atoms with Crippen LogP contribution in [0.15, 0.2) is 42.5 Å². The van der Waals surface area contributed by atoms with Crippen molar-refractivity contribution in [2.75, 3.05) is 31.9 Å².